The molecule has 3 rings (SSSR count). The van der Waals surface area contributed by atoms with Crippen molar-refractivity contribution in [2.24, 2.45) is 0 Å². The molecule has 2 aliphatic rings. The van der Waals surface area contributed by atoms with Crippen molar-refractivity contribution < 1.29 is 14.3 Å². The highest BCUT2D eigenvalue weighted by Gasteiger charge is 2.40. The van der Waals surface area contributed by atoms with E-state index in [9.17, 15) is 4.79 Å². The van der Waals surface area contributed by atoms with Crippen LogP contribution in [0.25, 0.3) is 0 Å². The van der Waals surface area contributed by atoms with E-state index in [1.54, 1.807) is 18.3 Å². The highest BCUT2D eigenvalue weighted by Crippen LogP contribution is 2.24. The summed E-state index contributed by atoms with van der Waals surface area (Å²) in [6.07, 6.45) is 0. The predicted molar refractivity (Wildman–Crippen MR) is 81.4 cm³/mol. The number of rotatable bonds is 2. The molecule has 1 aromatic rings. The molecule has 1 spiro atoms. The molecule has 1 atom stereocenters. The smallest absolute Gasteiger partial charge is 0.219 e. The lowest BCUT2D eigenvalue weighted by molar-refractivity contribution is -0.151. The molecule has 3 heterocycles. The van der Waals surface area contributed by atoms with E-state index in [-0.39, 0.29) is 11.5 Å². The minimum atomic E-state index is -0.377. The Labute approximate surface area is 129 Å². The minimum absolute atomic E-state index is 0.0962. The van der Waals surface area contributed by atoms with Gasteiger partial charge in [-0.1, -0.05) is 6.07 Å². The molecule has 0 N–H and O–H groups in total. The zero-order valence-corrected chi connectivity index (χ0v) is 13.2. The maximum atomic E-state index is 11.7. The third-order valence-electron chi connectivity index (χ3n) is 4.08. The Bertz CT molecular complexity index is 479. The van der Waals surface area contributed by atoms with E-state index < -0.39 is 0 Å². The van der Waals surface area contributed by atoms with E-state index in [1.807, 2.05) is 4.90 Å². The Balaban J connectivity index is 1.69. The van der Waals surface area contributed by atoms with Crippen molar-refractivity contribution in [1.82, 2.24) is 9.80 Å². The van der Waals surface area contributed by atoms with Crippen molar-refractivity contribution in [2.75, 3.05) is 46.0 Å². The second-order valence-electron chi connectivity index (χ2n) is 5.81. The summed E-state index contributed by atoms with van der Waals surface area (Å²) in [5, 5.41) is 2.11. The maximum absolute atomic E-state index is 11.7. The van der Waals surface area contributed by atoms with Crippen molar-refractivity contribution in [3.05, 3.63) is 22.4 Å². The molecule has 6 heteroatoms. The van der Waals surface area contributed by atoms with Gasteiger partial charge in [-0.3, -0.25) is 9.69 Å². The van der Waals surface area contributed by atoms with Gasteiger partial charge in [-0.05, 0) is 11.4 Å². The van der Waals surface area contributed by atoms with Gasteiger partial charge in [0.25, 0.3) is 0 Å². The molecule has 21 heavy (non-hydrogen) atoms. The fraction of sp³-hybridized carbons (Fsp3) is 0.667. The third-order valence-corrected chi connectivity index (χ3v) is 4.94. The molecule has 2 aliphatic heterocycles. The van der Waals surface area contributed by atoms with Gasteiger partial charge in [0.15, 0.2) is 0 Å². The number of amides is 1. The summed E-state index contributed by atoms with van der Waals surface area (Å²) in [5.41, 5.74) is -0.377. The number of nitrogens with zero attached hydrogens (tertiary/aromatic N) is 2. The van der Waals surface area contributed by atoms with Crippen molar-refractivity contribution in [2.45, 2.75) is 19.1 Å². The number of carbonyl (C=O) groups is 1. The lowest BCUT2D eigenvalue weighted by Gasteiger charge is -2.43. The zero-order valence-electron chi connectivity index (χ0n) is 12.4. The number of hydrogen-bond acceptors (Lipinski definition) is 5. The molecule has 2 fully saturated rings. The molecule has 0 unspecified atom stereocenters. The van der Waals surface area contributed by atoms with Gasteiger partial charge in [-0.2, -0.15) is 0 Å². The van der Waals surface area contributed by atoms with Crippen molar-refractivity contribution in [1.29, 1.82) is 0 Å². The predicted octanol–water partition coefficient (Wildman–Crippen LogP) is 1.20. The summed E-state index contributed by atoms with van der Waals surface area (Å²) in [4.78, 5) is 17.3. The van der Waals surface area contributed by atoms with Crippen LogP contribution in [-0.2, 0) is 20.8 Å². The number of morpholine rings is 1. The van der Waals surface area contributed by atoms with E-state index in [1.165, 1.54) is 4.88 Å². The van der Waals surface area contributed by atoms with E-state index in [0.717, 1.165) is 19.6 Å². The van der Waals surface area contributed by atoms with Crippen molar-refractivity contribution in [3.63, 3.8) is 0 Å². The highest BCUT2D eigenvalue weighted by molar-refractivity contribution is 7.09. The SMILES string of the molecule is CC(=O)N1CCOC[C@@]2(CN(Cc3cccs3)CCO2)C1. The average molecular weight is 310 g/mol. The van der Waals surface area contributed by atoms with Crippen LogP contribution in [0.2, 0.25) is 0 Å². The zero-order chi connectivity index (χ0) is 14.7. The summed E-state index contributed by atoms with van der Waals surface area (Å²) in [5.74, 6) is 0.0962. The van der Waals surface area contributed by atoms with E-state index in [2.05, 4.69) is 22.4 Å². The molecule has 2 saturated heterocycles. The maximum Gasteiger partial charge on any atom is 0.219 e. The third kappa shape index (κ3) is 3.63. The van der Waals surface area contributed by atoms with Crippen molar-refractivity contribution in [3.8, 4) is 0 Å². The summed E-state index contributed by atoms with van der Waals surface area (Å²) in [6.45, 7) is 7.45. The van der Waals surface area contributed by atoms with Gasteiger partial charge in [0.2, 0.25) is 5.91 Å². The Kier molecular flexibility index (Phi) is 4.59. The number of ether oxygens (including phenoxy) is 2. The lowest BCUT2D eigenvalue weighted by Crippen LogP contribution is -2.58. The van der Waals surface area contributed by atoms with Crippen LogP contribution in [0.5, 0.6) is 0 Å². The molecule has 0 saturated carbocycles. The van der Waals surface area contributed by atoms with Crippen LogP contribution in [0.4, 0.5) is 0 Å². The van der Waals surface area contributed by atoms with Crippen LogP contribution in [0.3, 0.4) is 0 Å². The van der Waals surface area contributed by atoms with Gasteiger partial charge in [-0.25, -0.2) is 0 Å². The van der Waals surface area contributed by atoms with Crippen molar-refractivity contribution >= 4 is 17.2 Å². The Hall–Kier alpha value is -0.950. The van der Waals surface area contributed by atoms with Crippen LogP contribution in [0, 0.1) is 0 Å². The van der Waals surface area contributed by atoms with Gasteiger partial charge in [-0.15, -0.1) is 11.3 Å². The van der Waals surface area contributed by atoms with Gasteiger partial charge in [0.05, 0.1) is 26.4 Å². The Morgan fingerprint density at radius 3 is 3.05 bits per heavy atom. The summed E-state index contributed by atoms with van der Waals surface area (Å²) in [7, 11) is 0. The van der Waals surface area contributed by atoms with Gasteiger partial charge < -0.3 is 14.4 Å². The minimum Gasteiger partial charge on any atom is -0.376 e. The number of carbonyl (C=O) groups excluding carboxylic acids is 1. The lowest BCUT2D eigenvalue weighted by atomic mass is 10.0. The summed E-state index contributed by atoms with van der Waals surface area (Å²) in [6, 6.07) is 4.25. The van der Waals surface area contributed by atoms with E-state index in [0.29, 0.717) is 32.9 Å². The largest absolute Gasteiger partial charge is 0.376 e. The fourth-order valence-corrected chi connectivity index (χ4v) is 3.78. The summed E-state index contributed by atoms with van der Waals surface area (Å²) < 4.78 is 11.8. The second-order valence-corrected chi connectivity index (χ2v) is 6.85. The molecule has 5 nitrogen and oxygen atoms in total. The van der Waals surface area contributed by atoms with Crippen LogP contribution < -0.4 is 0 Å². The van der Waals surface area contributed by atoms with Crippen LogP contribution >= 0.6 is 11.3 Å². The number of thiophene rings is 1. The molecule has 0 aliphatic carbocycles. The fourth-order valence-electron chi connectivity index (χ4n) is 3.04. The molecule has 0 bridgehead atoms. The topological polar surface area (TPSA) is 42.0 Å². The monoisotopic (exact) mass is 310 g/mol. The molecular formula is C15H22N2O3S. The molecule has 0 radical (unpaired) electrons. The van der Waals surface area contributed by atoms with Gasteiger partial charge in [0, 0.05) is 38.0 Å². The molecule has 0 aromatic carbocycles. The average Bonchev–Trinajstić information content (AvgIpc) is 2.87. The Morgan fingerprint density at radius 1 is 1.38 bits per heavy atom. The molecule has 1 amide bonds. The first kappa shape index (κ1) is 15.0. The highest BCUT2D eigenvalue weighted by atomic mass is 32.1. The van der Waals surface area contributed by atoms with Crippen LogP contribution in [0.15, 0.2) is 17.5 Å². The van der Waals surface area contributed by atoms with Crippen LogP contribution in [-0.4, -0.2) is 67.3 Å². The van der Waals surface area contributed by atoms with E-state index >= 15 is 0 Å². The molecular weight excluding hydrogens is 288 g/mol. The first-order valence-electron chi connectivity index (χ1n) is 7.39. The molecule has 116 valence electrons. The van der Waals surface area contributed by atoms with Gasteiger partial charge in [0.1, 0.15) is 5.60 Å². The van der Waals surface area contributed by atoms with Gasteiger partial charge >= 0.3 is 0 Å². The standard InChI is InChI=1S/C15H22N2O3S/c1-13(18)17-5-6-19-12-15(11-17)10-16(4-7-20-15)9-14-3-2-8-21-14/h2-3,8H,4-7,9-12H2,1H3/t15-/m1/s1. The quantitative estimate of drug-likeness (QED) is 0.823. The number of hydrogen-bond donors (Lipinski definition) is 0. The first-order valence-corrected chi connectivity index (χ1v) is 8.27. The second kappa shape index (κ2) is 6.44. The molecule has 1 aromatic heterocycles. The van der Waals surface area contributed by atoms with Crippen LogP contribution in [0.1, 0.15) is 11.8 Å². The Morgan fingerprint density at radius 2 is 2.29 bits per heavy atom. The summed E-state index contributed by atoms with van der Waals surface area (Å²) >= 11 is 1.78. The first-order chi connectivity index (χ1) is 10.2. The normalized spacial score (nSPS) is 27.8. The van der Waals surface area contributed by atoms with E-state index in [4.69, 9.17) is 9.47 Å².